The van der Waals surface area contributed by atoms with Crippen molar-refractivity contribution in [3.63, 3.8) is 0 Å². The molecule has 1 aliphatic rings. The molecule has 0 bridgehead atoms. The number of aliphatic hydroxyl groups is 1. The number of aryl methyl sites for hydroxylation is 1. The molecule has 6 heteroatoms. The molecule has 1 N–H and O–H groups in total. The Morgan fingerprint density at radius 1 is 0.773 bits per heavy atom. The second kappa shape index (κ2) is 16.9. The van der Waals surface area contributed by atoms with Gasteiger partial charge in [-0.3, -0.25) is 4.90 Å². The van der Waals surface area contributed by atoms with Crippen molar-refractivity contribution in [2.45, 2.75) is 51.6 Å². The summed E-state index contributed by atoms with van der Waals surface area (Å²) in [6, 6.07) is 35.8. The zero-order chi connectivity index (χ0) is 29.4. The summed E-state index contributed by atoms with van der Waals surface area (Å²) in [6.45, 7) is 12.0. The summed E-state index contributed by atoms with van der Waals surface area (Å²) in [5.41, 5.74) is 6.17. The van der Waals surface area contributed by atoms with Crippen LogP contribution in [0.1, 0.15) is 53.5 Å². The average Bonchev–Trinajstić information content (AvgIpc) is 3.03. The third kappa shape index (κ3) is 8.57. The van der Waals surface area contributed by atoms with Crippen LogP contribution in [0.2, 0.25) is 0 Å². The van der Waals surface area contributed by atoms with Gasteiger partial charge in [-0.05, 0) is 66.3 Å². The summed E-state index contributed by atoms with van der Waals surface area (Å²) < 4.78 is 5.97. The van der Waals surface area contributed by atoms with Gasteiger partial charge in [0.15, 0.2) is 0 Å². The molecule has 0 aromatic heterocycles. The predicted octanol–water partition coefficient (Wildman–Crippen LogP) is 8.36. The summed E-state index contributed by atoms with van der Waals surface area (Å²) >= 11 is 0. The highest BCUT2D eigenvalue weighted by Gasteiger charge is 2.41. The van der Waals surface area contributed by atoms with Crippen LogP contribution >= 0.6 is 24.8 Å². The maximum absolute atomic E-state index is 12.9. The summed E-state index contributed by atoms with van der Waals surface area (Å²) in [7, 11) is 0. The van der Waals surface area contributed by atoms with Crippen LogP contribution in [0.3, 0.4) is 0 Å². The molecule has 0 saturated carbocycles. The SMILES string of the molecule is CCCCOc1ccc(C(O)(Cc2ccccc2)C(CN2CCN(c3cccc(C)c3C)CC2)c2ccccc2)cc1.Cl.Cl. The van der Waals surface area contributed by atoms with Crippen LogP contribution in [0.5, 0.6) is 5.75 Å². The van der Waals surface area contributed by atoms with E-state index < -0.39 is 5.60 Å². The molecular weight excluding hydrogens is 587 g/mol. The summed E-state index contributed by atoms with van der Waals surface area (Å²) in [6.07, 6.45) is 2.67. The van der Waals surface area contributed by atoms with E-state index in [4.69, 9.17) is 4.74 Å². The van der Waals surface area contributed by atoms with E-state index in [9.17, 15) is 5.11 Å². The van der Waals surface area contributed by atoms with Gasteiger partial charge in [-0.15, -0.1) is 24.8 Å². The van der Waals surface area contributed by atoms with E-state index >= 15 is 0 Å². The quantitative estimate of drug-likeness (QED) is 0.159. The van der Waals surface area contributed by atoms with E-state index in [1.165, 1.54) is 16.8 Å². The molecule has 1 fully saturated rings. The molecule has 0 aliphatic carbocycles. The zero-order valence-electron chi connectivity index (χ0n) is 26.3. The van der Waals surface area contributed by atoms with Crippen molar-refractivity contribution in [2.75, 3.05) is 44.2 Å². The Labute approximate surface area is 276 Å². The minimum Gasteiger partial charge on any atom is -0.494 e. The highest BCUT2D eigenvalue weighted by molar-refractivity contribution is 5.85. The van der Waals surface area contributed by atoms with Crippen molar-refractivity contribution < 1.29 is 9.84 Å². The Kier molecular flexibility index (Phi) is 13.6. The van der Waals surface area contributed by atoms with Crippen molar-refractivity contribution in [3.05, 3.63) is 131 Å². The molecule has 2 atom stereocenters. The van der Waals surface area contributed by atoms with Gasteiger partial charge in [-0.1, -0.05) is 98.3 Å². The monoisotopic (exact) mass is 634 g/mol. The number of benzene rings is 4. The van der Waals surface area contributed by atoms with Gasteiger partial charge >= 0.3 is 0 Å². The summed E-state index contributed by atoms with van der Waals surface area (Å²) in [5, 5.41) is 12.9. The van der Waals surface area contributed by atoms with Crippen LogP contribution in [-0.4, -0.2) is 49.3 Å². The van der Waals surface area contributed by atoms with Crippen molar-refractivity contribution in [1.29, 1.82) is 0 Å². The molecule has 1 aliphatic heterocycles. The number of hydrogen-bond donors (Lipinski definition) is 1. The molecule has 236 valence electrons. The smallest absolute Gasteiger partial charge is 0.119 e. The van der Waals surface area contributed by atoms with Gasteiger partial charge in [0.05, 0.1) is 6.61 Å². The first kappa shape index (κ1) is 35.5. The lowest BCUT2D eigenvalue weighted by Gasteiger charge is -2.43. The van der Waals surface area contributed by atoms with Crippen LogP contribution in [0.15, 0.2) is 103 Å². The lowest BCUT2D eigenvalue weighted by atomic mass is 9.73. The number of piperazine rings is 1. The van der Waals surface area contributed by atoms with E-state index in [0.29, 0.717) is 13.0 Å². The molecule has 5 rings (SSSR count). The fourth-order valence-corrected chi connectivity index (χ4v) is 6.23. The number of hydrogen-bond acceptors (Lipinski definition) is 4. The van der Waals surface area contributed by atoms with Crippen molar-refractivity contribution in [1.82, 2.24) is 4.90 Å². The first-order chi connectivity index (χ1) is 20.5. The molecule has 1 heterocycles. The fraction of sp³-hybridized carbons (Fsp3) is 0.368. The van der Waals surface area contributed by atoms with Gasteiger partial charge < -0.3 is 14.7 Å². The molecule has 0 radical (unpaired) electrons. The molecule has 0 amide bonds. The number of anilines is 1. The maximum Gasteiger partial charge on any atom is 0.119 e. The highest BCUT2D eigenvalue weighted by atomic mass is 35.5. The Hall–Kier alpha value is -3.02. The van der Waals surface area contributed by atoms with Crippen molar-refractivity contribution in [3.8, 4) is 5.75 Å². The van der Waals surface area contributed by atoms with Gasteiger partial charge in [0.25, 0.3) is 0 Å². The second-order valence-electron chi connectivity index (χ2n) is 11.8. The number of nitrogens with zero attached hydrogens (tertiary/aromatic N) is 2. The minimum absolute atomic E-state index is 0. The minimum atomic E-state index is -1.10. The van der Waals surface area contributed by atoms with E-state index in [0.717, 1.165) is 68.0 Å². The number of unbranched alkanes of at least 4 members (excludes halogenated alkanes) is 1. The Balaban J connectivity index is 0.00000264. The Morgan fingerprint density at radius 3 is 2.05 bits per heavy atom. The highest BCUT2D eigenvalue weighted by Crippen LogP contribution is 2.41. The van der Waals surface area contributed by atoms with Crippen molar-refractivity contribution >= 4 is 30.5 Å². The Morgan fingerprint density at radius 2 is 1.41 bits per heavy atom. The normalized spacial score (nSPS) is 15.4. The van der Waals surface area contributed by atoms with Crippen molar-refractivity contribution in [2.24, 2.45) is 0 Å². The topological polar surface area (TPSA) is 35.9 Å². The lowest BCUT2D eigenvalue weighted by molar-refractivity contribution is -0.00554. The molecule has 1 saturated heterocycles. The Bertz CT molecular complexity index is 1390. The van der Waals surface area contributed by atoms with Crippen LogP contribution < -0.4 is 9.64 Å². The number of ether oxygens (including phenoxy) is 1. The molecule has 4 nitrogen and oxygen atoms in total. The first-order valence-electron chi connectivity index (χ1n) is 15.6. The predicted molar refractivity (Wildman–Crippen MR) is 189 cm³/mol. The summed E-state index contributed by atoms with van der Waals surface area (Å²) in [5.74, 6) is 0.742. The van der Waals surface area contributed by atoms with Gasteiger partial charge in [0.2, 0.25) is 0 Å². The van der Waals surface area contributed by atoms with E-state index in [2.05, 4.69) is 116 Å². The molecule has 4 aromatic rings. The third-order valence-electron chi connectivity index (χ3n) is 8.95. The first-order valence-corrected chi connectivity index (χ1v) is 15.6. The molecule has 44 heavy (non-hydrogen) atoms. The average molecular weight is 636 g/mol. The van der Waals surface area contributed by atoms with Gasteiger partial charge in [-0.2, -0.15) is 0 Å². The van der Waals surface area contributed by atoms with Gasteiger partial charge in [-0.25, -0.2) is 0 Å². The summed E-state index contributed by atoms with van der Waals surface area (Å²) in [4.78, 5) is 5.06. The maximum atomic E-state index is 12.9. The molecule has 2 unspecified atom stereocenters. The van der Waals surface area contributed by atoms with E-state index in [1.807, 2.05) is 18.2 Å². The zero-order valence-corrected chi connectivity index (χ0v) is 28.0. The van der Waals surface area contributed by atoms with E-state index in [-0.39, 0.29) is 30.7 Å². The van der Waals surface area contributed by atoms with Crippen LogP contribution in [0.4, 0.5) is 5.69 Å². The van der Waals surface area contributed by atoms with Gasteiger partial charge in [0, 0.05) is 50.7 Å². The molecule has 4 aromatic carbocycles. The fourth-order valence-electron chi connectivity index (χ4n) is 6.23. The van der Waals surface area contributed by atoms with Crippen LogP contribution in [0.25, 0.3) is 0 Å². The van der Waals surface area contributed by atoms with Crippen LogP contribution in [-0.2, 0) is 12.0 Å². The third-order valence-corrected chi connectivity index (χ3v) is 8.95. The number of halogens is 2. The molecule has 0 spiro atoms. The largest absolute Gasteiger partial charge is 0.494 e. The standard InChI is InChI=1S/C38H46N2O2.2ClH/c1-4-5-27-42-35-21-19-34(20-22-35)38(41,28-32-14-8-6-9-15-32)36(33-16-10-7-11-17-33)29-39-23-25-40(26-24-39)37-18-12-13-30(2)31(37)3;;/h6-22,36,41H,4-5,23-29H2,1-3H3;2*1H. The lowest BCUT2D eigenvalue weighted by Crippen LogP contribution is -2.50. The van der Waals surface area contributed by atoms with Gasteiger partial charge in [0.1, 0.15) is 11.4 Å². The second-order valence-corrected chi connectivity index (χ2v) is 11.8. The van der Waals surface area contributed by atoms with E-state index in [1.54, 1.807) is 0 Å². The van der Waals surface area contributed by atoms with Crippen LogP contribution in [0, 0.1) is 13.8 Å². The number of rotatable bonds is 12. The molecular formula is C38H48Cl2N2O2.